The van der Waals surface area contributed by atoms with E-state index in [0.29, 0.717) is 25.0 Å². The highest BCUT2D eigenvalue weighted by molar-refractivity contribution is 6.29. The van der Waals surface area contributed by atoms with E-state index < -0.39 is 0 Å². The minimum absolute atomic E-state index is 0.0203. The molecule has 0 amide bonds. The van der Waals surface area contributed by atoms with E-state index in [-0.39, 0.29) is 18.0 Å². The van der Waals surface area contributed by atoms with Crippen LogP contribution >= 0.6 is 11.6 Å². The van der Waals surface area contributed by atoms with Gasteiger partial charge >= 0.3 is 5.97 Å². The molecule has 2 aromatic heterocycles. The second-order valence-electron chi connectivity index (χ2n) is 8.35. The summed E-state index contributed by atoms with van der Waals surface area (Å²) in [4.78, 5) is 20.7. The molecule has 0 N–H and O–H groups in total. The topological polar surface area (TPSA) is 70.5 Å². The van der Waals surface area contributed by atoms with Gasteiger partial charge in [-0.15, -0.1) is 0 Å². The minimum Gasteiger partial charge on any atom is -0.491 e. The number of esters is 1. The van der Waals surface area contributed by atoms with Gasteiger partial charge in [0.2, 0.25) is 0 Å². The van der Waals surface area contributed by atoms with Gasteiger partial charge in [-0.25, -0.2) is 4.98 Å². The summed E-state index contributed by atoms with van der Waals surface area (Å²) < 4.78 is 16.7. The van der Waals surface area contributed by atoms with Crippen molar-refractivity contribution < 1.29 is 19.0 Å². The Hall–Kier alpha value is -3.22. The lowest BCUT2D eigenvalue weighted by atomic mass is 9.82. The maximum Gasteiger partial charge on any atom is 0.309 e. The van der Waals surface area contributed by atoms with Crippen LogP contribution in [0.1, 0.15) is 19.8 Å². The first-order chi connectivity index (χ1) is 16.6. The van der Waals surface area contributed by atoms with Crippen molar-refractivity contribution in [3.8, 4) is 17.0 Å². The molecule has 1 saturated carbocycles. The second-order valence-corrected chi connectivity index (χ2v) is 8.74. The maximum atomic E-state index is 11.7. The van der Waals surface area contributed by atoms with Crippen molar-refractivity contribution in [3.63, 3.8) is 0 Å². The van der Waals surface area contributed by atoms with Gasteiger partial charge in [0.15, 0.2) is 0 Å². The average molecular weight is 477 g/mol. The van der Waals surface area contributed by atoms with Gasteiger partial charge in [0.1, 0.15) is 17.5 Å². The lowest BCUT2D eigenvalue weighted by molar-refractivity contribution is -0.157. The number of hydrogen-bond acceptors (Lipinski definition) is 6. The minimum atomic E-state index is -0.116. The number of carbonyl (C=O) groups excluding carboxylic acids is 1. The number of aromatic nitrogens is 2. The molecule has 1 aliphatic rings. The van der Waals surface area contributed by atoms with Crippen LogP contribution in [0.25, 0.3) is 32.9 Å². The third-order valence-electron chi connectivity index (χ3n) is 6.08. The molecule has 0 spiro atoms. The maximum absolute atomic E-state index is 11.7. The van der Waals surface area contributed by atoms with Crippen LogP contribution < -0.4 is 4.74 Å². The average Bonchev–Trinajstić information content (AvgIpc) is 2.82. The zero-order chi connectivity index (χ0) is 23.5. The number of rotatable bonds is 8. The number of carbonyl (C=O) groups is 1. The van der Waals surface area contributed by atoms with E-state index in [9.17, 15) is 4.79 Å². The summed E-state index contributed by atoms with van der Waals surface area (Å²) >= 11 is 6.12. The Morgan fingerprint density at radius 3 is 2.65 bits per heavy atom. The van der Waals surface area contributed by atoms with Gasteiger partial charge < -0.3 is 14.2 Å². The van der Waals surface area contributed by atoms with Gasteiger partial charge in [0, 0.05) is 17.1 Å². The first-order valence-corrected chi connectivity index (χ1v) is 11.8. The summed E-state index contributed by atoms with van der Waals surface area (Å²) in [6.07, 6.45) is 3.35. The summed E-state index contributed by atoms with van der Waals surface area (Å²) in [6, 6.07) is 17.9. The van der Waals surface area contributed by atoms with Crippen LogP contribution in [0.5, 0.6) is 5.75 Å². The van der Waals surface area contributed by atoms with E-state index in [1.54, 1.807) is 12.3 Å². The van der Waals surface area contributed by atoms with Gasteiger partial charge in [0.25, 0.3) is 0 Å². The monoisotopic (exact) mass is 476 g/mol. The van der Waals surface area contributed by atoms with E-state index in [1.165, 1.54) is 0 Å². The Kier molecular flexibility index (Phi) is 6.61. The van der Waals surface area contributed by atoms with Crippen LogP contribution in [0.3, 0.4) is 0 Å². The molecule has 7 heteroatoms. The molecule has 0 aliphatic heterocycles. The number of fused-ring (bicyclic) bond motifs is 2. The molecular weight excluding hydrogens is 452 g/mol. The molecule has 6 nitrogen and oxygen atoms in total. The molecule has 1 fully saturated rings. The van der Waals surface area contributed by atoms with Crippen LogP contribution in [-0.2, 0) is 14.3 Å². The zero-order valence-corrected chi connectivity index (χ0v) is 19.6. The van der Waals surface area contributed by atoms with E-state index in [2.05, 4.69) is 22.1 Å². The Balaban J connectivity index is 1.20. The highest BCUT2D eigenvalue weighted by Gasteiger charge is 2.36. The SMILES string of the molecule is CCOC(=O)C1CC(OCCOc2ccc3cc(-c4nccc5ccc(Cl)nc45)ccc3c2)C1. The van der Waals surface area contributed by atoms with Crippen molar-refractivity contribution in [2.75, 3.05) is 19.8 Å². The molecule has 174 valence electrons. The standard InChI is InChI=1S/C27H25ClN2O4/c1-2-32-27(31)21-15-23(16-21)34-12-11-33-22-7-5-18-13-20(4-3-19(18)14-22)25-26-17(9-10-29-25)6-8-24(28)30-26/h3-10,13-14,21,23H,2,11-12,15-16H2,1H3. The quantitative estimate of drug-likeness (QED) is 0.181. The number of benzene rings is 2. The van der Waals surface area contributed by atoms with E-state index in [0.717, 1.165) is 51.5 Å². The summed E-state index contributed by atoms with van der Waals surface area (Å²) in [5.41, 5.74) is 2.58. The van der Waals surface area contributed by atoms with Gasteiger partial charge in [-0.1, -0.05) is 29.8 Å². The molecule has 0 radical (unpaired) electrons. The molecule has 0 unspecified atom stereocenters. The number of ether oxygens (including phenoxy) is 3. The van der Waals surface area contributed by atoms with Crippen molar-refractivity contribution in [1.82, 2.24) is 9.97 Å². The smallest absolute Gasteiger partial charge is 0.309 e. The number of halogens is 1. The van der Waals surface area contributed by atoms with Crippen molar-refractivity contribution in [3.05, 3.63) is 65.9 Å². The Labute approximate surface area is 202 Å². The first kappa shape index (κ1) is 22.6. The number of nitrogens with zero attached hydrogens (tertiary/aromatic N) is 2. The van der Waals surface area contributed by atoms with Crippen LogP contribution in [0, 0.1) is 5.92 Å². The van der Waals surface area contributed by atoms with Crippen LogP contribution in [0.15, 0.2) is 60.8 Å². The molecule has 0 atom stereocenters. The van der Waals surface area contributed by atoms with Crippen molar-refractivity contribution >= 4 is 39.2 Å². The largest absolute Gasteiger partial charge is 0.491 e. The van der Waals surface area contributed by atoms with Gasteiger partial charge in [0.05, 0.1) is 36.4 Å². The van der Waals surface area contributed by atoms with Crippen LogP contribution in [0.4, 0.5) is 0 Å². The third kappa shape index (κ3) is 4.83. The van der Waals surface area contributed by atoms with Crippen LogP contribution in [0.2, 0.25) is 5.15 Å². The summed E-state index contributed by atoms with van der Waals surface area (Å²) in [7, 11) is 0. The molecule has 5 rings (SSSR count). The van der Waals surface area contributed by atoms with Gasteiger partial charge in [-0.05, 0) is 66.9 Å². The Bertz CT molecular complexity index is 1340. The fourth-order valence-corrected chi connectivity index (χ4v) is 4.37. The zero-order valence-electron chi connectivity index (χ0n) is 18.9. The fraction of sp³-hybridized carbons (Fsp3) is 0.296. The summed E-state index contributed by atoms with van der Waals surface area (Å²) in [5.74, 6) is 0.654. The lowest BCUT2D eigenvalue weighted by Gasteiger charge is -2.33. The predicted molar refractivity (Wildman–Crippen MR) is 132 cm³/mol. The van der Waals surface area contributed by atoms with Gasteiger partial charge in [-0.3, -0.25) is 9.78 Å². The molecule has 2 aromatic carbocycles. The molecule has 34 heavy (non-hydrogen) atoms. The summed E-state index contributed by atoms with van der Waals surface area (Å²) in [6.45, 7) is 3.19. The molecular formula is C27H25ClN2O4. The molecule has 4 aromatic rings. The Morgan fingerprint density at radius 2 is 1.79 bits per heavy atom. The normalized spacial score (nSPS) is 17.5. The second kappa shape index (κ2) is 9.95. The third-order valence-corrected chi connectivity index (χ3v) is 6.29. The van der Waals surface area contributed by atoms with E-state index >= 15 is 0 Å². The highest BCUT2D eigenvalue weighted by atomic mass is 35.5. The number of hydrogen-bond donors (Lipinski definition) is 0. The van der Waals surface area contributed by atoms with Crippen molar-refractivity contribution in [2.45, 2.75) is 25.9 Å². The molecule has 0 saturated heterocycles. The van der Waals surface area contributed by atoms with Crippen molar-refractivity contribution in [2.24, 2.45) is 5.92 Å². The van der Waals surface area contributed by atoms with E-state index in [1.807, 2.05) is 43.3 Å². The van der Waals surface area contributed by atoms with Crippen molar-refractivity contribution in [1.29, 1.82) is 0 Å². The van der Waals surface area contributed by atoms with Crippen LogP contribution in [-0.4, -0.2) is 41.9 Å². The summed E-state index contributed by atoms with van der Waals surface area (Å²) in [5, 5.41) is 3.61. The molecule has 2 heterocycles. The number of pyridine rings is 2. The molecule has 0 bridgehead atoms. The van der Waals surface area contributed by atoms with Gasteiger partial charge in [-0.2, -0.15) is 0 Å². The highest BCUT2D eigenvalue weighted by Crippen LogP contribution is 2.32. The first-order valence-electron chi connectivity index (χ1n) is 11.5. The predicted octanol–water partition coefficient (Wildman–Crippen LogP) is 5.84. The molecule has 1 aliphatic carbocycles. The van der Waals surface area contributed by atoms with E-state index in [4.69, 9.17) is 25.8 Å². The Morgan fingerprint density at radius 1 is 1.00 bits per heavy atom. The fourth-order valence-electron chi connectivity index (χ4n) is 4.22. The lowest BCUT2D eigenvalue weighted by Crippen LogP contribution is -2.38.